The monoisotopic (exact) mass is 176 g/mol. The number of hydrogen-bond acceptors (Lipinski definition) is 3. The van der Waals surface area contributed by atoms with Crippen molar-refractivity contribution >= 4 is 11.8 Å². The van der Waals surface area contributed by atoms with E-state index in [1.54, 1.807) is 0 Å². The molecule has 68 valence electrons. The molecule has 0 amide bonds. The lowest BCUT2D eigenvalue weighted by atomic mass is 10.3. The summed E-state index contributed by atoms with van der Waals surface area (Å²) in [6.45, 7) is 4.19. The molecule has 0 spiro atoms. The van der Waals surface area contributed by atoms with Crippen LogP contribution >= 0.6 is 11.8 Å². The number of thioether (sulfide) groups is 1. The van der Waals surface area contributed by atoms with Crippen LogP contribution in [0.15, 0.2) is 0 Å². The van der Waals surface area contributed by atoms with E-state index in [4.69, 9.17) is 5.73 Å². The smallest absolute Gasteiger partial charge is 0.00307 e. The highest BCUT2D eigenvalue weighted by molar-refractivity contribution is 7.99. The Bertz CT molecular complexity index is 78.5. The van der Waals surface area contributed by atoms with E-state index in [0.29, 0.717) is 0 Å². The highest BCUT2D eigenvalue weighted by Gasteiger charge is 1.99. The molecule has 3 heteroatoms. The molecule has 0 saturated heterocycles. The largest absolute Gasteiger partial charge is 0.330 e. The minimum atomic E-state index is 0.733. The third-order valence-corrected chi connectivity index (χ3v) is 2.88. The predicted octanol–water partition coefficient (Wildman–Crippen LogP) is 1.07. The van der Waals surface area contributed by atoms with Crippen LogP contribution in [0.3, 0.4) is 0 Å². The Morgan fingerprint density at radius 1 is 1.55 bits per heavy atom. The van der Waals surface area contributed by atoms with Crippen LogP contribution in [0.2, 0.25) is 0 Å². The standard InChI is InChI=1S/C8H20N2S/c1-8(4-5-9)11-7-3-6-10-2/h8,10H,3-7,9H2,1-2H3. The van der Waals surface area contributed by atoms with Crippen LogP contribution in [0, 0.1) is 0 Å². The normalized spacial score (nSPS) is 13.4. The van der Waals surface area contributed by atoms with Crippen molar-refractivity contribution in [3.8, 4) is 0 Å². The summed E-state index contributed by atoms with van der Waals surface area (Å²) < 4.78 is 0. The summed E-state index contributed by atoms with van der Waals surface area (Å²) in [5.41, 5.74) is 5.43. The second-order valence-corrected chi connectivity index (χ2v) is 4.26. The molecule has 0 aromatic rings. The lowest BCUT2D eigenvalue weighted by molar-refractivity contribution is 0.772. The molecule has 11 heavy (non-hydrogen) atoms. The third kappa shape index (κ3) is 8.17. The molecule has 3 N–H and O–H groups in total. The maximum absolute atomic E-state index is 5.43. The fourth-order valence-corrected chi connectivity index (χ4v) is 1.87. The number of nitrogens with two attached hydrogens (primary N) is 1. The Balaban J connectivity index is 2.97. The highest BCUT2D eigenvalue weighted by atomic mass is 32.2. The van der Waals surface area contributed by atoms with Crippen molar-refractivity contribution in [3.05, 3.63) is 0 Å². The van der Waals surface area contributed by atoms with Gasteiger partial charge in [-0.05, 0) is 38.7 Å². The maximum atomic E-state index is 5.43. The fraction of sp³-hybridized carbons (Fsp3) is 1.00. The molecule has 0 heterocycles. The minimum Gasteiger partial charge on any atom is -0.330 e. The summed E-state index contributed by atoms with van der Waals surface area (Å²) in [6.07, 6.45) is 2.40. The molecule has 0 radical (unpaired) electrons. The summed E-state index contributed by atoms with van der Waals surface area (Å²) in [5, 5.41) is 3.87. The third-order valence-electron chi connectivity index (χ3n) is 1.55. The summed E-state index contributed by atoms with van der Waals surface area (Å²) in [7, 11) is 1.99. The van der Waals surface area contributed by atoms with E-state index in [1.807, 2.05) is 18.8 Å². The van der Waals surface area contributed by atoms with Gasteiger partial charge in [0.15, 0.2) is 0 Å². The summed E-state index contributed by atoms with van der Waals surface area (Å²) in [4.78, 5) is 0. The second-order valence-electron chi connectivity index (χ2n) is 2.72. The molecular weight excluding hydrogens is 156 g/mol. The zero-order valence-corrected chi connectivity index (χ0v) is 8.41. The van der Waals surface area contributed by atoms with Crippen LogP contribution in [0.1, 0.15) is 19.8 Å². The average molecular weight is 176 g/mol. The van der Waals surface area contributed by atoms with Gasteiger partial charge in [0.05, 0.1) is 0 Å². The minimum absolute atomic E-state index is 0.733. The fourth-order valence-electron chi connectivity index (χ4n) is 0.852. The second kappa shape index (κ2) is 8.37. The molecule has 0 aliphatic rings. The molecule has 0 aliphatic carbocycles. The van der Waals surface area contributed by atoms with Crippen molar-refractivity contribution in [2.45, 2.75) is 25.0 Å². The van der Waals surface area contributed by atoms with Crippen molar-refractivity contribution in [1.82, 2.24) is 5.32 Å². The van der Waals surface area contributed by atoms with Gasteiger partial charge in [-0.2, -0.15) is 11.8 Å². The molecule has 1 atom stereocenters. The molecule has 0 bridgehead atoms. The van der Waals surface area contributed by atoms with Crippen molar-refractivity contribution < 1.29 is 0 Å². The lowest BCUT2D eigenvalue weighted by Gasteiger charge is -2.08. The number of hydrogen-bond donors (Lipinski definition) is 2. The van der Waals surface area contributed by atoms with Crippen LogP contribution in [0.4, 0.5) is 0 Å². The van der Waals surface area contributed by atoms with Gasteiger partial charge in [-0.1, -0.05) is 6.92 Å². The first-order valence-electron chi connectivity index (χ1n) is 4.27. The van der Waals surface area contributed by atoms with E-state index in [2.05, 4.69) is 12.2 Å². The molecule has 0 rings (SSSR count). The van der Waals surface area contributed by atoms with Crippen LogP contribution < -0.4 is 11.1 Å². The first-order valence-corrected chi connectivity index (χ1v) is 5.32. The Hall–Kier alpha value is 0.270. The van der Waals surface area contributed by atoms with E-state index in [9.17, 15) is 0 Å². The molecule has 2 nitrogen and oxygen atoms in total. The van der Waals surface area contributed by atoms with E-state index >= 15 is 0 Å². The molecular formula is C8H20N2S. The van der Waals surface area contributed by atoms with Crippen LogP contribution in [-0.2, 0) is 0 Å². The quantitative estimate of drug-likeness (QED) is 0.570. The average Bonchev–Trinajstić information content (AvgIpc) is 1.99. The molecule has 0 aromatic heterocycles. The van der Waals surface area contributed by atoms with Crippen LogP contribution in [-0.4, -0.2) is 31.1 Å². The van der Waals surface area contributed by atoms with E-state index in [0.717, 1.165) is 24.8 Å². The summed E-state index contributed by atoms with van der Waals surface area (Å²) in [5.74, 6) is 1.25. The van der Waals surface area contributed by atoms with Crippen molar-refractivity contribution in [3.63, 3.8) is 0 Å². The van der Waals surface area contributed by atoms with E-state index < -0.39 is 0 Å². The topological polar surface area (TPSA) is 38.0 Å². The molecule has 1 unspecified atom stereocenters. The van der Waals surface area contributed by atoms with Gasteiger partial charge in [-0.3, -0.25) is 0 Å². The first-order chi connectivity index (χ1) is 5.31. The van der Waals surface area contributed by atoms with Gasteiger partial charge in [0, 0.05) is 5.25 Å². The van der Waals surface area contributed by atoms with Crippen LogP contribution in [0.5, 0.6) is 0 Å². The molecule has 0 aliphatic heterocycles. The highest BCUT2D eigenvalue weighted by Crippen LogP contribution is 2.13. The van der Waals surface area contributed by atoms with Gasteiger partial charge in [0.2, 0.25) is 0 Å². The summed E-state index contributed by atoms with van der Waals surface area (Å²) in [6, 6.07) is 0. The first kappa shape index (κ1) is 11.3. The van der Waals surface area contributed by atoms with Gasteiger partial charge in [0.25, 0.3) is 0 Å². The SMILES string of the molecule is CNCCCSC(C)CCN. The predicted molar refractivity (Wildman–Crippen MR) is 54.1 cm³/mol. The molecule has 0 aromatic carbocycles. The Kier molecular flexibility index (Phi) is 8.57. The van der Waals surface area contributed by atoms with Crippen molar-refractivity contribution in [1.29, 1.82) is 0 Å². The van der Waals surface area contributed by atoms with Crippen LogP contribution in [0.25, 0.3) is 0 Å². The van der Waals surface area contributed by atoms with E-state index in [-0.39, 0.29) is 0 Å². The lowest BCUT2D eigenvalue weighted by Crippen LogP contribution is -2.11. The molecule has 0 fully saturated rings. The Morgan fingerprint density at radius 2 is 2.27 bits per heavy atom. The molecule has 0 saturated carbocycles. The van der Waals surface area contributed by atoms with Gasteiger partial charge in [0.1, 0.15) is 0 Å². The summed E-state index contributed by atoms with van der Waals surface area (Å²) >= 11 is 2.02. The Morgan fingerprint density at radius 3 is 2.82 bits per heavy atom. The van der Waals surface area contributed by atoms with Gasteiger partial charge < -0.3 is 11.1 Å². The van der Waals surface area contributed by atoms with Gasteiger partial charge in [-0.15, -0.1) is 0 Å². The zero-order chi connectivity index (χ0) is 8.53. The van der Waals surface area contributed by atoms with Gasteiger partial charge >= 0.3 is 0 Å². The zero-order valence-electron chi connectivity index (χ0n) is 7.60. The van der Waals surface area contributed by atoms with Crippen molar-refractivity contribution in [2.75, 3.05) is 25.9 Å². The van der Waals surface area contributed by atoms with Crippen molar-refractivity contribution in [2.24, 2.45) is 5.73 Å². The number of nitrogens with one attached hydrogen (secondary N) is 1. The van der Waals surface area contributed by atoms with E-state index in [1.165, 1.54) is 12.2 Å². The maximum Gasteiger partial charge on any atom is 0.00307 e. The van der Waals surface area contributed by atoms with Gasteiger partial charge in [-0.25, -0.2) is 0 Å². The Labute approximate surface area is 74.3 Å². The number of rotatable bonds is 7.